The molecule has 0 aliphatic carbocycles. The van der Waals surface area contributed by atoms with Gasteiger partial charge in [0.05, 0.1) is 20.2 Å². The molecule has 26 heavy (non-hydrogen) atoms. The van der Waals surface area contributed by atoms with Gasteiger partial charge >= 0.3 is 0 Å². The van der Waals surface area contributed by atoms with Crippen LogP contribution in [0.25, 0.3) is 0 Å². The largest absolute Gasteiger partial charge is 0.497 e. The molecule has 0 aliphatic heterocycles. The fourth-order valence-electron chi connectivity index (χ4n) is 2.45. The van der Waals surface area contributed by atoms with E-state index in [1.54, 1.807) is 48.2 Å². The Balaban J connectivity index is 1.89. The number of likely N-dealkylation sites (N-methyl/N-ethyl adjacent to an activating group) is 2. The molecule has 0 saturated heterocycles. The minimum atomic E-state index is -0.160. The van der Waals surface area contributed by atoms with Crippen LogP contribution in [0.15, 0.2) is 54.6 Å². The molecule has 0 unspecified atom stereocenters. The maximum absolute atomic E-state index is 12.5. The second-order valence-corrected chi connectivity index (χ2v) is 5.87. The molecule has 0 aromatic heterocycles. The zero-order valence-corrected chi connectivity index (χ0v) is 15.4. The molecule has 6 heteroatoms. The maximum Gasteiger partial charge on any atom is 0.240 e. The van der Waals surface area contributed by atoms with Gasteiger partial charge in [-0.2, -0.15) is 0 Å². The van der Waals surface area contributed by atoms with Gasteiger partial charge in [0.2, 0.25) is 11.8 Å². The van der Waals surface area contributed by atoms with E-state index in [-0.39, 0.29) is 24.9 Å². The van der Waals surface area contributed by atoms with E-state index in [4.69, 9.17) is 4.74 Å². The van der Waals surface area contributed by atoms with Crippen LogP contribution in [0.2, 0.25) is 0 Å². The van der Waals surface area contributed by atoms with Gasteiger partial charge in [-0.05, 0) is 42.9 Å². The monoisotopic (exact) mass is 355 g/mol. The number of rotatable bonds is 8. The number of nitrogens with zero attached hydrogens (tertiary/aromatic N) is 2. The zero-order valence-electron chi connectivity index (χ0n) is 15.4. The SMILES string of the molecule is CCN(CC(=O)Nc1ccc(OC)cc1)CC(=O)N(C)c1ccccc1. The van der Waals surface area contributed by atoms with E-state index < -0.39 is 0 Å². The van der Waals surface area contributed by atoms with E-state index in [0.29, 0.717) is 12.2 Å². The lowest BCUT2D eigenvalue weighted by molar-refractivity contribution is -0.121. The van der Waals surface area contributed by atoms with Crippen molar-refractivity contribution in [3.8, 4) is 5.75 Å². The number of carbonyl (C=O) groups excluding carboxylic acids is 2. The number of nitrogens with one attached hydrogen (secondary N) is 1. The second-order valence-electron chi connectivity index (χ2n) is 5.87. The van der Waals surface area contributed by atoms with Crippen LogP contribution in [-0.2, 0) is 9.59 Å². The van der Waals surface area contributed by atoms with Gasteiger partial charge in [-0.3, -0.25) is 14.5 Å². The lowest BCUT2D eigenvalue weighted by Crippen LogP contribution is -2.41. The number of methoxy groups -OCH3 is 1. The van der Waals surface area contributed by atoms with Crippen LogP contribution in [-0.4, -0.2) is 50.5 Å². The lowest BCUT2D eigenvalue weighted by atomic mass is 10.3. The maximum atomic E-state index is 12.5. The molecule has 138 valence electrons. The van der Waals surface area contributed by atoms with Crippen LogP contribution < -0.4 is 15.0 Å². The first kappa shape index (κ1) is 19.5. The van der Waals surface area contributed by atoms with Crippen molar-refractivity contribution in [2.24, 2.45) is 0 Å². The Bertz CT molecular complexity index is 717. The van der Waals surface area contributed by atoms with Crippen molar-refractivity contribution in [3.05, 3.63) is 54.6 Å². The van der Waals surface area contributed by atoms with Gasteiger partial charge in [0.25, 0.3) is 0 Å². The van der Waals surface area contributed by atoms with Crippen molar-refractivity contribution in [3.63, 3.8) is 0 Å². The van der Waals surface area contributed by atoms with Gasteiger partial charge in [0.15, 0.2) is 0 Å². The van der Waals surface area contributed by atoms with Gasteiger partial charge in [0.1, 0.15) is 5.75 Å². The number of benzene rings is 2. The molecule has 2 aromatic rings. The smallest absolute Gasteiger partial charge is 0.240 e. The molecule has 2 rings (SSSR count). The summed E-state index contributed by atoms with van der Waals surface area (Å²) in [5.74, 6) is 0.509. The number of amides is 2. The summed E-state index contributed by atoms with van der Waals surface area (Å²) in [7, 11) is 3.33. The molecule has 0 radical (unpaired) electrons. The summed E-state index contributed by atoms with van der Waals surface area (Å²) >= 11 is 0. The molecule has 2 amide bonds. The first-order chi connectivity index (χ1) is 12.5. The standard InChI is InChI=1S/C20H25N3O3/c1-4-23(15-20(25)22(2)17-8-6-5-7-9-17)14-19(24)21-16-10-12-18(26-3)13-11-16/h5-13H,4,14-15H2,1-3H3,(H,21,24). The van der Waals surface area contributed by atoms with E-state index in [2.05, 4.69) is 5.32 Å². The Morgan fingerprint density at radius 1 is 1.00 bits per heavy atom. The minimum absolute atomic E-state index is 0.0599. The highest BCUT2D eigenvalue weighted by Gasteiger charge is 2.17. The Kier molecular flexibility index (Phi) is 7.17. The van der Waals surface area contributed by atoms with Gasteiger partial charge < -0.3 is 15.0 Å². The molecule has 0 heterocycles. The van der Waals surface area contributed by atoms with Crippen molar-refractivity contribution in [1.82, 2.24) is 4.90 Å². The van der Waals surface area contributed by atoms with E-state index >= 15 is 0 Å². The molecule has 6 nitrogen and oxygen atoms in total. The van der Waals surface area contributed by atoms with Crippen molar-refractivity contribution >= 4 is 23.2 Å². The fraction of sp³-hybridized carbons (Fsp3) is 0.300. The Morgan fingerprint density at radius 3 is 2.23 bits per heavy atom. The molecule has 2 aromatic carbocycles. The van der Waals surface area contributed by atoms with Crippen molar-refractivity contribution < 1.29 is 14.3 Å². The van der Waals surface area contributed by atoms with Crippen molar-refractivity contribution in [2.75, 3.05) is 44.0 Å². The van der Waals surface area contributed by atoms with Crippen LogP contribution >= 0.6 is 0 Å². The Labute approximate surface area is 154 Å². The Morgan fingerprint density at radius 2 is 1.65 bits per heavy atom. The summed E-state index contributed by atoms with van der Waals surface area (Å²) in [5, 5.41) is 2.83. The summed E-state index contributed by atoms with van der Waals surface area (Å²) in [6.45, 7) is 2.86. The molecule has 0 fully saturated rings. The van der Waals surface area contributed by atoms with Gasteiger partial charge in [-0.25, -0.2) is 0 Å². The second kappa shape index (κ2) is 9.58. The number of carbonyl (C=O) groups is 2. The van der Waals surface area contributed by atoms with E-state index in [0.717, 1.165) is 11.4 Å². The first-order valence-corrected chi connectivity index (χ1v) is 8.51. The first-order valence-electron chi connectivity index (χ1n) is 8.51. The lowest BCUT2D eigenvalue weighted by Gasteiger charge is -2.23. The number of ether oxygens (including phenoxy) is 1. The van der Waals surface area contributed by atoms with E-state index in [1.165, 1.54) is 0 Å². The number of hydrogen-bond donors (Lipinski definition) is 1. The van der Waals surface area contributed by atoms with Crippen LogP contribution in [0.1, 0.15) is 6.92 Å². The predicted octanol–water partition coefficient (Wildman–Crippen LogP) is 2.62. The van der Waals surface area contributed by atoms with Crippen LogP contribution in [0, 0.1) is 0 Å². The molecule has 0 saturated carbocycles. The molecule has 0 atom stereocenters. The highest BCUT2D eigenvalue weighted by atomic mass is 16.5. The predicted molar refractivity (Wildman–Crippen MR) is 104 cm³/mol. The summed E-state index contributed by atoms with van der Waals surface area (Å²) in [4.78, 5) is 28.1. The van der Waals surface area contributed by atoms with Gasteiger partial charge in [0, 0.05) is 18.4 Å². The highest BCUT2D eigenvalue weighted by molar-refractivity contribution is 5.95. The molecule has 1 N–H and O–H groups in total. The summed E-state index contributed by atoms with van der Waals surface area (Å²) in [6.07, 6.45) is 0. The van der Waals surface area contributed by atoms with Crippen LogP contribution in [0.4, 0.5) is 11.4 Å². The van der Waals surface area contributed by atoms with Crippen LogP contribution in [0.3, 0.4) is 0 Å². The van der Waals surface area contributed by atoms with Gasteiger partial charge in [-0.1, -0.05) is 25.1 Å². The molecule has 0 bridgehead atoms. The molecular weight excluding hydrogens is 330 g/mol. The molecular formula is C20H25N3O3. The van der Waals surface area contributed by atoms with Crippen molar-refractivity contribution in [1.29, 1.82) is 0 Å². The van der Waals surface area contributed by atoms with Crippen molar-refractivity contribution in [2.45, 2.75) is 6.92 Å². The number of para-hydroxylation sites is 1. The number of anilines is 2. The van der Waals surface area contributed by atoms with Crippen LogP contribution in [0.5, 0.6) is 5.75 Å². The topological polar surface area (TPSA) is 61.9 Å². The molecule has 0 aliphatic rings. The highest BCUT2D eigenvalue weighted by Crippen LogP contribution is 2.15. The quantitative estimate of drug-likeness (QED) is 0.791. The summed E-state index contributed by atoms with van der Waals surface area (Å²) in [6, 6.07) is 16.6. The average molecular weight is 355 g/mol. The van der Waals surface area contributed by atoms with E-state index in [9.17, 15) is 9.59 Å². The fourth-order valence-corrected chi connectivity index (χ4v) is 2.45. The summed E-state index contributed by atoms with van der Waals surface area (Å²) < 4.78 is 5.10. The Hall–Kier alpha value is -2.86. The zero-order chi connectivity index (χ0) is 18.9. The average Bonchev–Trinajstić information content (AvgIpc) is 2.68. The normalized spacial score (nSPS) is 10.5. The summed E-state index contributed by atoms with van der Waals surface area (Å²) in [5.41, 5.74) is 1.52. The third-order valence-corrected chi connectivity index (χ3v) is 4.06. The third kappa shape index (κ3) is 5.60. The van der Waals surface area contributed by atoms with Gasteiger partial charge in [-0.15, -0.1) is 0 Å². The minimum Gasteiger partial charge on any atom is -0.497 e. The number of hydrogen-bond acceptors (Lipinski definition) is 4. The molecule has 0 spiro atoms. The third-order valence-electron chi connectivity index (χ3n) is 4.06. The van der Waals surface area contributed by atoms with E-state index in [1.807, 2.05) is 37.3 Å².